The fourth-order valence-electron chi connectivity index (χ4n) is 6.39. The van der Waals surface area contributed by atoms with Crippen LogP contribution in [-0.4, -0.2) is 69.9 Å². The molecule has 0 saturated heterocycles. The predicted molar refractivity (Wildman–Crippen MR) is 125 cm³/mol. The molecule has 0 aromatic heterocycles. The van der Waals surface area contributed by atoms with E-state index in [4.69, 9.17) is 5.73 Å². The van der Waals surface area contributed by atoms with Gasteiger partial charge in [-0.1, -0.05) is 19.1 Å². The van der Waals surface area contributed by atoms with E-state index in [1.165, 1.54) is 11.0 Å². The highest BCUT2D eigenvalue weighted by molar-refractivity contribution is 6.32. The van der Waals surface area contributed by atoms with Crippen LogP contribution in [0.5, 0.6) is 5.75 Å². The number of amides is 1. The van der Waals surface area contributed by atoms with Crippen LogP contribution < -0.4 is 5.73 Å². The number of allylic oxidation sites excluding steroid dienone is 2. The molecule has 4 rings (SSSR count). The summed E-state index contributed by atoms with van der Waals surface area (Å²) in [6.45, 7) is 3.89. The van der Waals surface area contributed by atoms with Crippen LogP contribution in [0.1, 0.15) is 48.2 Å². The van der Waals surface area contributed by atoms with Crippen molar-refractivity contribution < 1.29 is 34.2 Å². The molecule has 0 bridgehead atoms. The molecule has 9 nitrogen and oxygen atoms in total. The summed E-state index contributed by atoms with van der Waals surface area (Å²) in [4.78, 5) is 67.2. The van der Waals surface area contributed by atoms with Crippen molar-refractivity contribution in [3.05, 3.63) is 34.9 Å². The molecule has 2 unspecified atom stereocenters. The summed E-state index contributed by atoms with van der Waals surface area (Å²) < 4.78 is 0. The van der Waals surface area contributed by atoms with Crippen LogP contribution in [0.15, 0.2) is 18.2 Å². The van der Waals surface area contributed by atoms with E-state index in [0.29, 0.717) is 5.56 Å². The molecule has 6 atom stereocenters. The fraction of sp³-hybridized carbons (Fsp3) is 0.500. The molecule has 1 aromatic rings. The average Bonchev–Trinajstić information content (AvgIpc) is 2.76. The van der Waals surface area contributed by atoms with E-state index in [1.807, 2.05) is 19.9 Å². The molecule has 0 heterocycles. The van der Waals surface area contributed by atoms with Gasteiger partial charge in [0.25, 0.3) is 0 Å². The largest absolute Gasteiger partial charge is 0.507 e. The maximum atomic E-state index is 13.8. The molecule has 186 valence electrons. The van der Waals surface area contributed by atoms with Crippen LogP contribution in [-0.2, 0) is 25.6 Å². The molecule has 4 N–H and O–H groups in total. The lowest BCUT2D eigenvalue weighted by atomic mass is 9.52. The number of phenols is 1. The lowest BCUT2D eigenvalue weighted by Crippen LogP contribution is -2.74. The number of primary amides is 1. The van der Waals surface area contributed by atoms with Crippen molar-refractivity contribution in [2.24, 2.45) is 29.4 Å². The Morgan fingerprint density at radius 2 is 1.86 bits per heavy atom. The third-order valence-electron chi connectivity index (χ3n) is 7.88. The fourth-order valence-corrected chi connectivity index (χ4v) is 6.39. The summed E-state index contributed by atoms with van der Waals surface area (Å²) in [5.74, 6) is -10.3. The Hall–Kier alpha value is -3.17. The van der Waals surface area contributed by atoms with Gasteiger partial charge in [-0.15, -0.1) is 0 Å². The quantitative estimate of drug-likeness (QED) is 0.529. The van der Waals surface area contributed by atoms with Crippen LogP contribution in [0.2, 0.25) is 0 Å². The third kappa shape index (κ3) is 3.40. The van der Waals surface area contributed by atoms with E-state index >= 15 is 0 Å². The molecule has 3 aliphatic rings. The van der Waals surface area contributed by atoms with Gasteiger partial charge < -0.3 is 15.9 Å². The minimum Gasteiger partial charge on any atom is -0.507 e. The number of carbonyl (C=O) groups excluding carboxylic acids is 5. The Bertz CT molecular complexity index is 1200. The molecule has 0 radical (unpaired) electrons. The van der Waals surface area contributed by atoms with Crippen molar-refractivity contribution in [1.82, 2.24) is 4.90 Å². The number of benzene rings is 1. The van der Waals surface area contributed by atoms with Gasteiger partial charge in [0.2, 0.25) is 5.91 Å². The van der Waals surface area contributed by atoms with E-state index in [9.17, 15) is 34.2 Å². The second kappa shape index (κ2) is 8.49. The van der Waals surface area contributed by atoms with Gasteiger partial charge in [-0.05, 0) is 69.0 Å². The Balaban J connectivity index is 1.89. The molecule has 9 heteroatoms. The number of rotatable bonds is 4. The highest BCUT2D eigenvalue weighted by atomic mass is 16.3. The van der Waals surface area contributed by atoms with Gasteiger partial charge in [0.15, 0.2) is 34.7 Å². The summed E-state index contributed by atoms with van der Waals surface area (Å²) >= 11 is 0. The first-order valence-corrected chi connectivity index (χ1v) is 11.7. The third-order valence-corrected chi connectivity index (χ3v) is 7.88. The first kappa shape index (κ1) is 24.9. The maximum absolute atomic E-state index is 13.8. The van der Waals surface area contributed by atoms with Crippen LogP contribution in [0.3, 0.4) is 0 Å². The summed E-state index contributed by atoms with van der Waals surface area (Å²) in [7, 11) is 3.12. The second-order valence-electron chi connectivity index (χ2n) is 10.1. The maximum Gasteiger partial charge on any atom is 0.235 e. The van der Waals surface area contributed by atoms with E-state index in [-0.39, 0.29) is 24.2 Å². The summed E-state index contributed by atoms with van der Waals surface area (Å²) in [6.07, 6.45) is 3.06. The van der Waals surface area contributed by atoms with E-state index in [2.05, 4.69) is 0 Å². The van der Waals surface area contributed by atoms with Crippen molar-refractivity contribution in [3.63, 3.8) is 0 Å². The molecular formula is C26H30N2O7. The molecule has 1 aromatic carbocycles. The van der Waals surface area contributed by atoms with Crippen molar-refractivity contribution >= 4 is 34.6 Å². The molecular weight excluding hydrogens is 452 g/mol. The monoisotopic (exact) mass is 482 g/mol. The zero-order chi connectivity index (χ0) is 26.0. The van der Waals surface area contributed by atoms with Gasteiger partial charge in [0.1, 0.15) is 5.75 Å². The number of hydrogen-bond donors (Lipinski definition) is 3. The molecule has 3 aliphatic carbocycles. The van der Waals surface area contributed by atoms with Crippen molar-refractivity contribution in [2.45, 2.75) is 44.8 Å². The van der Waals surface area contributed by atoms with Gasteiger partial charge >= 0.3 is 0 Å². The first-order valence-electron chi connectivity index (χ1n) is 11.7. The van der Waals surface area contributed by atoms with Gasteiger partial charge in [-0.25, -0.2) is 0 Å². The minimum absolute atomic E-state index is 0.0120. The number of aliphatic hydroxyl groups is 1. The second-order valence-corrected chi connectivity index (χ2v) is 10.1. The standard InChI is InChI=1S/C26H30N2O7/c1-5-6-11(2)13-7-8-16(29)18-14(13)9-12-10-15-20(28(3)4)22(31)19(25(27)34)24(33)26(15,35)23(32)17(12)21(18)30/h6-8,12,15,17,19-20,29,35H,5,9-10H2,1-4H3,(H2,27,34)/t12-,15-,17?,19?,20-,26-/m0/s1. The molecule has 0 aliphatic heterocycles. The highest BCUT2D eigenvalue weighted by Crippen LogP contribution is 2.51. The topological polar surface area (TPSA) is 155 Å². The van der Waals surface area contributed by atoms with Crippen LogP contribution in [0.25, 0.3) is 5.57 Å². The average molecular weight is 483 g/mol. The molecule has 2 fully saturated rings. The van der Waals surface area contributed by atoms with Crippen molar-refractivity contribution in [1.29, 1.82) is 0 Å². The number of Topliss-reactive ketones (excluding diaryl/α,β-unsaturated/α-hetero) is 4. The number of nitrogens with two attached hydrogens (primary N) is 1. The number of fused-ring (bicyclic) bond motifs is 3. The van der Waals surface area contributed by atoms with E-state index in [0.717, 1.165) is 17.6 Å². The smallest absolute Gasteiger partial charge is 0.235 e. The predicted octanol–water partition coefficient (Wildman–Crippen LogP) is 0.680. The van der Waals surface area contributed by atoms with Gasteiger partial charge in [0.05, 0.1) is 17.5 Å². The van der Waals surface area contributed by atoms with E-state index in [1.54, 1.807) is 20.2 Å². The van der Waals surface area contributed by atoms with Crippen molar-refractivity contribution in [2.75, 3.05) is 14.1 Å². The summed E-state index contributed by atoms with van der Waals surface area (Å²) in [5, 5.41) is 22.1. The van der Waals surface area contributed by atoms with Crippen LogP contribution >= 0.6 is 0 Å². The van der Waals surface area contributed by atoms with E-state index < -0.39 is 64.4 Å². The number of aromatic hydroxyl groups is 1. The summed E-state index contributed by atoms with van der Waals surface area (Å²) in [5.41, 5.74) is 4.95. The van der Waals surface area contributed by atoms with Gasteiger partial charge in [0, 0.05) is 5.92 Å². The van der Waals surface area contributed by atoms with Crippen LogP contribution in [0.4, 0.5) is 0 Å². The van der Waals surface area contributed by atoms with Crippen molar-refractivity contribution in [3.8, 4) is 5.75 Å². The van der Waals surface area contributed by atoms with Gasteiger partial charge in [-0.2, -0.15) is 0 Å². The lowest BCUT2D eigenvalue weighted by molar-refractivity contribution is -0.181. The van der Waals surface area contributed by atoms with Crippen LogP contribution in [0, 0.1) is 23.7 Å². The minimum atomic E-state index is -2.71. The molecule has 35 heavy (non-hydrogen) atoms. The van der Waals surface area contributed by atoms with Gasteiger partial charge in [-0.3, -0.25) is 28.9 Å². The number of carbonyl (C=O) groups is 5. The lowest BCUT2D eigenvalue weighted by Gasteiger charge is -2.52. The zero-order valence-electron chi connectivity index (χ0n) is 20.2. The molecule has 2 saturated carbocycles. The molecule has 0 spiro atoms. The first-order chi connectivity index (χ1) is 16.4. The highest BCUT2D eigenvalue weighted by Gasteiger charge is 2.69. The number of phenolic OH excluding ortho intramolecular Hbond substituents is 1. The number of likely N-dealkylation sites (N-methyl/N-ethyl adjacent to an activating group) is 1. The number of ketones is 4. The normalized spacial score (nSPS) is 32.9. The SMILES string of the molecule is CCC=C(C)c1ccc(O)c2c1C[C@H]1C[C@H]3[C@H](N(C)C)C(=O)C(C(N)=O)C(=O)[C@@]3(O)C(=O)C1C2=O. The Kier molecular flexibility index (Phi) is 6.05. The Labute approximate surface area is 203 Å². The Morgan fingerprint density at radius 3 is 2.43 bits per heavy atom. The zero-order valence-corrected chi connectivity index (χ0v) is 20.2. The molecule has 1 amide bonds. The number of nitrogens with zero attached hydrogens (tertiary/aromatic N) is 1. The Morgan fingerprint density at radius 1 is 1.20 bits per heavy atom. The summed E-state index contributed by atoms with van der Waals surface area (Å²) in [6, 6.07) is 2.03. The number of hydrogen-bond acceptors (Lipinski definition) is 8.